The van der Waals surface area contributed by atoms with Crippen molar-refractivity contribution >= 4 is 17.3 Å². The summed E-state index contributed by atoms with van der Waals surface area (Å²) in [5.74, 6) is 0. The van der Waals surface area contributed by atoms with E-state index in [2.05, 4.69) is 76.7 Å². The fourth-order valence-electron chi connectivity index (χ4n) is 4.30. The molecule has 2 atom stereocenters. The number of pyridine rings is 2. The minimum Gasteiger partial charge on any atom is -0.352 e. The maximum absolute atomic E-state index is 5.73. The third-order valence-electron chi connectivity index (χ3n) is 5.71. The molecule has 1 fully saturated rings. The van der Waals surface area contributed by atoms with Crippen LogP contribution in [0.4, 0.5) is 0 Å². The predicted molar refractivity (Wildman–Crippen MR) is 120 cm³/mol. The second kappa shape index (κ2) is 7.95. The highest BCUT2D eigenvalue weighted by atomic mass is 32.1. The molecular weight excluding hydrogens is 378 g/mol. The van der Waals surface area contributed by atoms with Crippen molar-refractivity contribution in [2.45, 2.75) is 52.4 Å². The van der Waals surface area contributed by atoms with Crippen molar-refractivity contribution in [1.29, 1.82) is 0 Å². The predicted octanol–water partition coefficient (Wildman–Crippen LogP) is 4.32. The van der Waals surface area contributed by atoms with Crippen LogP contribution in [0.3, 0.4) is 0 Å². The van der Waals surface area contributed by atoms with Gasteiger partial charge in [-0.15, -0.1) is 0 Å². The van der Waals surface area contributed by atoms with Gasteiger partial charge in [0.1, 0.15) is 0 Å². The van der Waals surface area contributed by atoms with Crippen LogP contribution in [0.25, 0.3) is 0 Å². The Labute approximate surface area is 177 Å². The molecule has 150 valence electrons. The molecule has 29 heavy (non-hydrogen) atoms. The minimum atomic E-state index is 0.0287. The molecule has 1 aliphatic heterocycles. The first-order valence-corrected chi connectivity index (χ1v) is 10.4. The van der Waals surface area contributed by atoms with Gasteiger partial charge in [-0.05, 0) is 81.4 Å². The molecule has 4 heterocycles. The van der Waals surface area contributed by atoms with Crippen LogP contribution in [-0.4, -0.2) is 30.6 Å². The number of rotatable bonds is 5. The van der Waals surface area contributed by atoms with Gasteiger partial charge in [-0.3, -0.25) is 9.97 Å². The molecule has 4 rings (SSSR count). The van der Waals surface area contributed by atoms with Crippen LogP contribution in [0.15, 0.2) is 55.0 Å². The van der Waals surface area contributed by atoms with E-state index in [1.165, 1.54) is 22.5 Å². The summed E-state index contributed by atoms with van der Waals surface area (Å²) in [4.78, 5) is 11.1. The summed E-state index contributed by atoms with van der Waals surface area (Å²) >= 11 is 5.73. The average molecular weight is 406 g/mol. The van der Waals surface area contributed by atoms with Crippen LogP contribution in [0, 0.1) is 13.8 Å². The van der Waals surface area contributed by atoms with Gasteiger partial charge in [-0.25, -0.2) is 0 Å². The molecule has 1 N–H and O–H groups in total. The third kappa shape index (κ3) is 3.65. The molecule has 3 aromatic rings. The highest BCUT2D eigenvalue weighted by Gasteiger charge is 2.42. The van der Waals surface area contributed by atoms with Crippen LogP contribution in [0.5, 0.6) is 0 Å². The van der Waals surface area contributed by atoms with Crippen molar-refractivity contribution in [3.05, 3.63) is 83.2 Å². The van der Waals surface area contributed by atoms with Gasteiger partial charge in [-0.2, -0.15) is 0 Å². The molecule has 5 nitrogen and oxygen atoms in total. The Morgan fingerprint density at radius 2 is 1.86 bits per heavy atom. The zero-order valence-corrected chi connectivity index (χ0v) is 18.1. The Hall–Kier alpha value is -2.73. The van der Waals surface area contributed by atoms with Crippen molar-refractivity contribution in [3.8, 4) is 0 Å². The summed E-state index contributed by atoms with van der Waals surface area (Å²) in [7, 11) is 0. The fourth-order valence-corrected chi connectivity index (χ4v) is 4.75. The lowest BCUT2D eigenvalue weighted by atomic mass is 9.96. The summed E-state index contributed by atoms with van der Waals surface area (Å²) in [6, 6.07) is 12.9. The Morgan fingerprint density at radius 1 is 1.10 bits per heavy atom. The van der Waals surface area contributed by atoms with E-state index in [0.29, 0.717) is 0 Å². The largest absolute Gasteiger partial charge is 0.352 e. The van der Waals surface area contributed by atoms with Gasteiger partial charge in [0.15, 0.2) is 5.11 Å². The van der Waals surface area contributed by atoms with E-state index in [1.54, 1.807) is 0 Å². The topological polar surface area (TPSA) is 46.0 Å². The number of nitrogens with zero attached hydrogens (tertiary/aromatic N) is 4. The normalized spacial score (nSPS) is 19.1. The van der Waals surface area contributed by atoms with Crippen molar-refractivity contribution in [1.82, 2.24) is 24.8 Å². The van der Waals surface area contributed by atoms with E-state index in [4.69, 9.17) is 12.2 Å². The monoisotopic (exact) mass is 405 g/mol. The summed E-state index contributed by atoms with van der Waals surface area (Å²) in [5.41, 5.74) is 6.07. The molecule has 0 bridgehead atoms. The van der Waals surface area contributed by atoms with Crippen LogP contribution in [-0.2, 0) is 6.54 Å². The van der Waals surface area contributed by atoms with Gasteiger partial charge >= 0.3 is 0 Å². The highest BCUT2D eigenvalue weighted by molar-refractivity contribution is 7.80. The Kier molecular flexibility index (Phi) is 5.37. The van der Waals surface area contributed by atoms with Gasteiger partial charge in [0, 0.05) is 42.6 Å². The van der Waals surface area contributed by atoms with E-state index >= 15 is 0 Å². The number of thiocarbonyl (C=S) groups is 1. The second-order valence-corrected chi connectivity index (χ2v) is 8.28. The van der Waals surface area contributed by atoms with Crippen LogP contribution in [0.1, 0.15) is 54.1 Å². The zero-order valence-electron chi connectivity index (χ0n) is 17.3. The average Bonchev–Trinajstić information content (AvgIpc) is 3.20. The smallest absolute Gasteiger partial charge is 0.170 e. The van der Waals surface area contributed by atoms with E-state index in [0.717, 1.165) is 17.4 Å². The van der Waals surface area contributed by atoms with Crippen molar-refractivity contribution < 1.29 is 0 Å². The maximum Gasteiger partial charge on any atom is 0.170 e. The molecule has 0 spiro atoms. The van der Waals surface area contributed by atoms with Crippen molar-refractivity contribution in [2.75, 3.05) is 0 Å². The second-order valence-electron chi connectivity index (χ2n) is 7.90. The van der Waals surface area contributed by atoms with Gasteiger partial charge in [-0.1, -0.05) is 6.07 Å². The minimum absolute atomic E-state index is 0.0287. The summed E-state index contributed by atoms with van der Waals surface area (Å²) in [5, 5.41) is 4.32. The first kappa shape index (κ1) is 19.6. The lowest BCUT2D eigenvalue weighted by Crippen LogP contribution is -2.35. The van der Waals surface area contributed by atoms with Crippen LogP contribution >= 0.6 is 12.2 Å². The molecule has 1 aliphatic rings. The molecule has 6 heteroatoms. The molecule has 3 aromatic heterocycles. The van der Waals surface area contributed by atoms with Gasteiger partial charge < -0.3 is 14.8 Å². The van der Waals surface area contributed by atoms with E-state index < -0.39 is 0 Å². The van der Waals surface area contributed by atoms with Crippen LogP contribution < -0.4 is 5.32 Å². The molecule has 0 amide bonds. The lowest BCUT2D eigenvalue weighted by Gasteiger charge is -2.31. The molecular formula is C23H27N5S. The van der Waals surface area contributed by atoms with Crippen molar-refractivity contribution in [3.63, 3.8) is 0 Å². The standard InChI is InChI=1S/C23H27N5S/c1-15(2)28-22(21(26-23(28)29)20-7-5-6-10-25-20)19-13-16(3)27(17(19)4)14-18-8-11-24-12-9-18/h5-13,15,21-22H,14H2,1-4H3,(H,26,29)/t21-,22-/m1/s1. The first-order chi connectivity index (χ1) is 14.0. The summed E-state index contributed by atoms with van der Waals surface area (Å²) in [6.07, 6.45) is 5.55. The van der Waals surface area contributed by atoms with Crippen LogP contribution in [0.2, 0.25) is 0 Å². The maximum atomic E-state index is 5.73. The fraction of sp³-hybridized carbons (Fsp3) is 0.348. The zero-order chi connectivity index (χ0) is 20.5. The molecule has 0 radical (unpaired) electrons. The number of nitrogens with one attached hydrogen (secondary N) is 1. The summed E-state index contributed by atoms with van der Waals surface area (Å²) < 4.78 is 2.38. The molecule has 0 aliphatic carbocycles. The number of hydrogen-bond acceptors (Lipinski definition) is 3. The number of aromatic nitrogens is 3. The molecule has 0 aromatic carbocycles. The first-order valence-electron chi connectivity index (χ1n) is 10.0. The third-order valence-corrected chi connectivity index (χ3v) is 6.04. The van der Waals surface area contributed by atoms with Gasteiger partial charge in [0.2, 0.25) is 0 Å². The van der Waals surface area contributed by atoms with Gasteiger partial charge in [0.25, 0.3) is 0 Å². The quantitative estimate of drug-likeness (QED) is 0.641. The van der Waals surface area contributed by atoms with Crippen molar-refractivity contribution in [2.24, 2.45) is 0 Å². The Balaban J connectivity index is 1.77. The molecule has 0 unspecified atom stereocenters. The van der Waals surface area contributed by atoms with E-state index in [-0.39, 0.29) is 18.1 Å². The SMILES string of the molecule is Cc1cc([C@@H]2[C@@H](c3ccccn3)NC(=S)N2C(C)C)c(C)n1Cc1ccncc1. The molecule has 0 saturated carbocycles. The van der Waals surface area contributed by atoms with E-state index in [9.17, 15) is 0 Å². The number of aryl methyl sites for hydroxylation is 1. The lowest BCUT2D eigenvalue weighted by molar-refractivity contribution is 0.268. The Bertz CT molecular complexity index is 997. The Morgan fingerprint density at radius 3 is 2.52 bits per heavy atom. The molecule has 1 saturated heterocycles. The number of hydrogen-bond donors (Lipinski definition) is 1. The van der Waals surface area contributed by atoms with Gasteiger partial charge in [0.05, 0.1) is 17.8 Å². The summed E-state index contributed by atoms with van der Waals surface area (Å²) in [6.45, 7) is 9.60. The van der Waals surface area contributed by atoms with E-state index in [1.807, 2.05) is 30.7 Å². The highest BCUT2D eigenvalue weighted by Crippen LogP contribution is 2.41.